The van der Waals surface area contributed by atoms with E-state index in [0.717, 1.165) is 12.8 Å². The molecule has 0 aromatic rings. The maximum atomic E-state index is 11.8. The molecule has 0 heterocycles. The highest BCUT2D eigenvalue weighted by Crippen LogP contribution is 2.13. The third-order valence-electron chi connectivity index (χ3n) is 3.64. The normalized spacial score (nSPS) is 12.7. The van der Waals surface area contributed by atoms with Gasteiger partial charge in [-0.15, -0.1) is 0 Å². The highest BCUT2D eigenvalue weighted by molar-refractivity contribution is 5.80. The van der Waals surface area contributed by atoms with Crippen molar-refractivity contribution in [3.63, 3.8) is 0 Å². The summed E-state index contributed by atoms with van der Waals surface area (Å²) in [6.45, 7) is 5.75. The van der Waals surface area contributed by atoms with Crippen LogP contribution in [0, 0.1) is 5.92 Å². The number of ether oxygens (including phenoxy) is 1. The number of unbranched alkanes of at least 4 members (excludes halogenated alkanes) is 8. The highest BCUT2D eigenvalue weighted by atomic mass is 16.5. The molecule has 0 aliphatic heterocycles. The van der Waals surface area contributed by atoms with Crippen LogP contribution in [0.5, 0.6) is 0 Å². The molecular formula is C19H34O4. The molecule has 23 heavy (non-hydrogen) atoms. The first-order chi connectivity index (χ1) is 11.0. The first-order valence-corrected chi connectivity index (χ1v) is 9.06. The van der Waals surface area contributed by atoms with Crippen LogP contribution >= 0.6 is 0 Å². The first-order valence-electron chi connectivity index (χ1n) is 9.06. The Morgan fingerprint density at radius 3 is 2.09 bits per heavy atom. The molecule has 0 aromatic heterocycles. The van der Waals surface area contributed by atoms with Crippen LogP contribution in [0.3, 0.4) is 0 Å². The fourth-order valence-corrected chi connectivity index (χ4v) is 2.39. The Balaban J connectivity index is 3.92. The van der Waals surface area contributed by atoms with Crippen molar-refractivity contribution in [2.45, 2.75) is 91.1 Å². The van der Waals surface area contributed by atoms with Crippen molar-refractivity contribution < 1.29 is 19.4 Å². The van der Waals surface area contributed by atoms with Gasteiger partial charge in [0.2, 0.25) is 0 Å². The van der Waals surface area contributed by atoms with Gasteiger partial charge in [0.1, 0.15) is 0 Å². The zero-order valence-electron chi connectivity index (χ0n) is 15.1. The summed E-state index contributed by atoms with van der Waals surface area (Å²) in [5.74, 6) is -2.11. The lowest BCUT2D eigenvalue weighted by atomic mass is 10.0. The Kier molecular flexibility index (Phi) is 13.5. The molecule has 1 atom stereocenters. The van der Waals surface area contributed by atoms with Crippen LogP contribution in [-0.2, 0) is 14.3 Å². The third-order valence-corrected chi connectivity index (χ3v) is 3.64. The van der Waals surface area contributed by atoms with Crippen molar-refractivity contribution in [2.75, 3.05) is 0 Å². The largest absolute Gasteiger partial charge is 0.481 e. The van der Waals surface area contributed by atoms with Crippen LogP contribution in [0.1, 0.15) is 85.0 Å². The van der Waals surface area contributed by atoms with Crippen molar-refractivity contribution in [1.29, 1.82) is 0 Å². The van der Waals surface area contributed by atoms with E-state index in [9.17, 15) is 9.59 Å². The van der Waals surface area contributed by atoms with Gasteiger partial charge in [-0.1, -0.05) is 64.0 Å². The molecule has 0 amide bonds. The van der Waals surface area contributed by atoms with Crippen molar-refractivity contribution in [1.82, 2.24) is 0 Å². The van der Waals surface area contributed by atoms with Crippen LogP contribution in [0.15, 0.2) is 12.2 Å². The van der Waals surface area contributed by atoms with Crippen LogP contribution in [0.25, 0.3) is 0 Å². The molecular weight excluding hydrogens is 292 g/mol. The second-order valence-corrected chi connectivity index (χ2v) is 6.38. The van der Waals surface area contributed by atoms with Gasteiger partial charge in [0.25, 0.3) is 0 Å². The van der Waals surface area contributed by atoms with E-state index < -0.39 is 17.9 Å². The summed E-state index contributed by atoms with van der Waals surface area (Å²) < 4.78 is 5.10. The Morgan fingerprint density at radius 2 is 1.57 bits per heavy atom. The van der Waals surface area contributed by atoms with Gasteiger partial charge in [0, 0.05) is 0 Å². The number of allylic oxidation sites excluding steroid dienone is 1. The van der Waals surface area contributed by atoms with Gasteiger partial charge in [-0.05, 0) is 26.7 Å². The van der Waals surface area contributed by atoms with Gasteiger partial charge in [-0.3, -0.25) is 9.59 Å². The number of hydrogen-bond acceptors (Lipinski definition) is 3. The van der Waals surface area contributed by atoms with Crippen molar-refractivity contribution in [3.8, 4) is 0 Å². The molecule has 134 valence electrons. The molecule has 0 aliphatic rings. The topological polar surface area (TPSA) is 63.6 Å². The lowest BCUT2D eigenvalue weighted by molar-refractivity contribution is -0.154. The first kappa shape index (κ1) is 21.7. The van der Waals surface area contributed by atoms with E-state index in [0.29, 0.717) is 0 Å². The van der Waals surface area contributed by atoms with E-state index >= 15 is 0 Å². The smallest absolute Gasteiger partial charge is 0.313 e. The van der Waals surface area contributed by atoms with E-state index in [1.165, 1.54) is 44.9 Å². The molecule has 0 spiro atoms. The molecule has 0 saturated heterocycles. The van der Waals surface area contributed by atoms with E-state index in [2.05, 4.69) is 6.92 Å². The fraction of sp³-hybridized carbons (Fsp3) is 0.789. The van der Waals surface area contributed by atoms with E-state index in [1.54, 1.807) is 19.9 Å². The summed E-state index contributed by atoms with van der Waals surface area (Å²) in [5, 5.41) is 8.89. The molecule has 0 aromatic carbocycles. The maximum absolute atomic E-state index is 11.8. The van der Waals surface area contributed by atoms with Crippen molar-refractivity contribution >= 4 is 11.9 Å². The maximum Gasteiger partial charge on any atom is 0.313 e. The summed E-state index contributed by atoms with van der Waals surface area (Å²) in [6, 6.07) is 0. The van der Waals surface area contributed by atoms with Gasteiger partial charge in [-0.2, -0.15) is 0 Å². The molecule has 4 heteroatoms. The second kappa shape index (κ2) is 14.3. The number of carbonyl (C=O) groups excluding carboxylic acids is 1. The number of rotatable bonds is 14. The second-order valence-electron chi connectivity index (χ2n) is 6.38. The molecule has 0 fully saturated rings. The SMILES string of the molecule is CCCCCCCCCCC=CC(CC(=O)O)C(=O)OC(C)C. The number of carboxylic acids is 1. The monoisotopic (exact) mass is 326 g/mol. The van der Waals surface area contributed by atoms with Gasteiger partial charge in [0.15, 0.2) is 0 Å². The number of carbonyl (C=O) groups is 2. The molecule has 1 N–H and O–H groups in total. The average molecular weight is 326 g/mol. The predicted molar refractivity (Wildman–Crippen MR) is 93.3 cm³/mol. The Hall–Kier alpha value is -1.32. The summed E-state index contributed by atoms with van der Waals surface area (Å²) in [6.07, 6.45) is 14.2. The minimum Gasteiger partial charge on any atom is -0.481 e. The molecule has 0 bridgehead atoms. The van der Waals surface area contributed by atoms with E-state index in [4.69, 9.17) is 9.84 Å². The van der Waals surface area contributed by atoms with E-state index in [-0.39, 0.29) is 12.5 Å². The van der Waals surface area contributed by atoms with Gasteiger partial charge >= 0.3 is 11.9 Å². The molecule has 0 aliphatic carbocycles. The number of esters is 1. The zero-order chi connectivity index (χ0) is 17.5. The number of aliphatic carboxylic acids is 1. The number of carboxylic acid groups (broad SMARTS) is 1. The van der Waals surface area contributed by atoms with E-state index in [1.807, 2.05) is 6.08 Å². The summed E-state index contributed by atoms with van der Waals surface area (Å²) in [4.78, 5) is 22.7. The van der Waals surface area contributed by atoms with Crippen molar-refractivity contribution in [3.05, 3.63) is 12.2 Å². The Bertz CT molecular complexity index is 347. The summed E-state index contributed by atoms with van der Waals surface area (Å²) in [7, 11) is 0. The standard InChI is InChI=1S/C19H34O4/c1-4-5-6-7-8-9-10-11-12-13-14-17(15-18(20)21)19(22)23-16(2)3/h13-14,16-17H,4-12,15H2,1-3H3,(H,20,21). The minimum absolute atomic E-state index is 0.209. The Labute approximate surface area is 141 Å². The third kappa shape index (κ3) is 14.0. The summed E-state index contributed by atoms with van der Waals surface area (Å²) in [5.41, 5.74) is 0. The Morgan fingerprint density at radius 1 is 1.00 bits per heavy atom. The molecule has 0 radical (unpaired) electrons. The average Bonchev–Trinajstić information content (AvgIpc) is 2.46. The number of hydrogen-bond donors (Lipinski definition) is 1. The van der Waals surface area contributed by atoms with Crippen molar-refractivity contribution in [2.24, 2.45) is 5.92 Å². The molecule has 0 rings (SSSR count). The summed E-state index contributed by atoms with van der Waals surface area (Å²) >= 11 is 0. The van der Waals surface area contributed by atoms with Crippen LogP contribution in [0.2, 0.25) is 0 Å². The van der Waals surface area contributed by atoms with Gasteiger partial charge in [0.05, 0.1) is 18.4 Å². The highest BCUT2D eigenvalue weighted by Gasteiger charge is 2.21. The molecule has 0 saturated carbocycles. The lowest BCUT2D eigenvalue weighted by Gasteiger charge is -2.13. The minimum atomic E-state index is -0.979. The van der Waals surface area contributed by atoms with Crippen LogP contribution in [-0.4, -0.2) is 23.1 Å². The zero-order valence-corrected chi connectivity index (χ0v) is 15.1. The quantitative estimate of drug-likeness (QED) is 0.273. The fourth-order valence-electron chi connectivity index (χ4n) is 2.39. The molecule has 1 unspecified atom stereocenters. The predicted octanol–water partition coefficient (Wildman–Crippen LogP) is 5.12. The van der Waals surface area contributed by atoms with Crippen LogP contribution in [0.4, 0.5) is 0 Å². The lowest BCUT2D eigenvalue weighted by Crippen LogP contribution is -2.22. The van der Waals surface area contributed by atoms with Gasteiger partial charge < -0.3 is 9.84 Å². The van der Waals surface area contributed by atoms with Gasteiger partial charge in [-0.25, -0.2) is 0 Å². The molecule has 4 nitrogen and oxygen atoms in total. The van der Waals surface area contributed by atoms with Crippen LogP contribution < -0.4 is 0 Å².